The first-order chi connectivity index (χ1) is 12.5. The van der Waals surface area contributed by atoms with Crippen LogP contribution in [0.15, 0.2) is 24.3 Å². The normalized spacial score (nSPS) is 23.8. The molecule has 1 N–H and O–H groups in total. The smallest absolute Gasteiger partial charge is 0.233 e. The molecule has 2 aromatic rings. The number of rotatable bonds is 5. The molecular weight excluding hydrogens is 328 g/mol. The number of amides is 1. The van der Waals surface area contributed by atoms with Gasteiger partial charge < -0.3 is 9.64 Å². The van der Waals surface area contributed by atoms with E-state index in [1.165, 1.54) is 11.1 Å². The maximum Gasteiger partial charge on any atom is 0.233 e. The number of aromatic nitrogens is 3. The van der Waals surface area contributed by atoms with Gasteiger partial charge in [-0.25, -0.2) is 4.98 Å². The van der Waals surface area contributed by atoms with Gasteiger partial charge in [0.05, 0.1) is 17.4 Å². The van der Waals surface area contributed by atoms with Crippen molar-refractivity contribution >= 4 is 5.91 Å². The molecule has 2 atom stereocenters. The minimum Gasteiger partial charge on any atom is -0.376 e. The Balaban J connectivity index is 1.48. The highest BCUT2D eigenvalue weighted by Crippen LogP contribution is 2.50. The molecule has 1 aromatic heterocycles. The van der Waals surface area contributed by atoms with Crippen molar-refractivity contribution in [2.24, 2.45) is 0 Å². The Labute approximate surface area is 154 Å². The first kappa shape index (κ1) is 17.2. The lowest BCUT2D eigenvalue weighted by molar-refractivity contribution is -0.134. The number of benzene rings is 1. The Morgan fingerprint density at radius 2 is 2.12 bits per heavy atom. The van der Waals surface area contributed by atoms with E-state index in [1.807, 2.05) is 31.0 Å². The van der Waals surface area contributed by atoms with Crippen LogP contribution < -0.4 is 0 Å². The summed E-state index contributed by atoms with van der Waals surface area (Å²) in [6, 6.07) is 8.24. The zero-order chi connectivity index (χ0) is 18.3. The number of aromatic amines is 1. The van der Waals surface area contributed by atoms with Crippen molar-refractivity contribution in [3.63, 3.8) is 0 Å². The average Bonchev–Trinajstić information content (AvgIpc) is 3.11. The Morgan fingerprint density at radius 1 is 1.35 bits per heavy atom. The van der Waals surface area contributed by atoms with Crippen molar-refractivity contribution in [1.82, 2.24) is 20.1 Å². The molecule has 0 bridgehead atoms. The molecule has 2 heterocycles. The van der Waals surface area contributed by atoms with Gasteiger partial charge in [0.2, 0.25) is 5.91 Å². The van der Waals surface area contributed by atoms with Gasteiger partial charge in [0.25, 0.3) is 0 Å². The lowest BCUT2D eigenvalue weighted by Crippen LogP contribution is -2.42. The van der Waals surface area contributed by atoms with Crippen LogP contribution >= 0.6 is 0 Å². The molecule has 1 saturated carbocycles. The van der Waals surface area contributed by atoms with Gasteiger partial charge in [0.1, 0.15) is 5.82 Å². The maximum atomic E-state index is 13.2. The minimum absolute atomic E-state index is 0.0492. The number of likely N-dealkylation sites (N-methyl/N-ethyl adjacent to an activating group) is 1. The summed E-state index contributed by atoms with van der Waals surface area (Å²) in [5, 5.41) is 7.21. The summed E-state index contributed by atoms with van der Waals surface area (Å²) >= 11 is 0. The number of aryl methyl sites for hydroxylation is 2. The molecular formula is C20H26N4O2. The molecule has 1 aromatic carbocycles. The fourth-order valence-corrected chi connectivity index (χ4v) is 4.20. The number of nitrogens with zero attached hydrogens (tertiary/aromatic N) is 3. The second kappa shape index (κ2) is 6.50. The summed E-state index contributed by atoms with van der Waals surface area (Å²) in [6.07, 6.45) is 2.70. The first-order valence-electron chi connectivity index (χ1n) is 9.33. The summed E-state index contributed by atoms with van der Waals surface area (Å²) < 4.78 is 5.92. The molecule has 1 aliphatic carbocycles. The molecule has 6 heteroatoms. The van der Waals surface area contributed by atoms with Gasteiger partial charge in [-0.1, -0.05) is 24.3 Å². The van der Waals surface area contributed by atoms with Crippen LogP contribution in [0.1, 0.15) is 48.0 Å². The van der Waals surface area contributed by atoms with E-state index in [4.69, 9.17) is 4.74 Å². The average molecular weight is 354 g/mol. The lowest BCUT2D eigenvalue weighted by Gasteiger charge is -2.28. The summed E-state index contributed by atoms with van der Waals surface area (Å²) in [5.74, 6) is 1.95. The highest BCUT2D eigenvalue weighted by Gasteiger charge is 2.53. The predicted molar refractivity (Wildman–Crippen MR) is 97.9 cm³/mol. The highest BCUT2D eigenvalue weighted by molar-refractivity contribution is 5.91. The van der Waals surface area contributed by atoms with Crippen molar-refractivity contribution in [2.75, 3.05) is 20.2 Å². The maximum absolute atomic E-state index is 13.2. The first-order valence-corrected chi connectivity index (χ1v) is 9.33. The van der Waals surface area contributed by atoms with Crippen LogP contribution in [-0.4, -0.2) is 52.3 Å². The Morgan fingerprint density at radius 3 is 2.77 bits per heavy atom. The topological polar surface area (TPSA) is 71.1 Å². The summed E-state index contributed by atoms with van der Waals surface area (Å²) in [5.41, 5.74) is 2.03. The second-order valence-corrected chi connectivity index (χ2v) is 7.67. The molecule has 1 saturated heterocycles. The molecule has 1 amide bonds. The monoisotopic (exact) mass is 354 g/mol. The van der Waals surface area contributed by atoms with E-state index in [1.54, 1.807) is 0 Å². The summed E-state index contributed by atoms with van der Waals surface area (Å²) in [6.45, 7) is 5.25. The van der Waals surface area contributed by atoms with Gasteiger partial charge in [-0.3, -0.25) is 9.89 Å². The van der Waals surface area contributed by atoms with Gasteiger partial charge in [-0.15, -0.1) is 0 Å². The molecule has 4 rings (SSSR count). The molecule has 138 valence electrons. The number of carbonyl (C=O) groups is 1. The second-order valence-electron chi connectivity index (χ2n) is 7.67. The number of nitrogens with one attached hydrogen (secondary N) is 1. The summed E-state index contributed by atoms with van der Waals surface area (Å²) in [4.78, 5) is 19.6. The van der Waals surface area contributed by atoms with Crippen LogP contribution in [0, 0.1) is 13.8 Å². The van der Waals surface area contributed by atoms with Gasteiger partial charge in [0.15, 0.2) is 5.82 Å². The van der Waals surface area contributed by atoms with Crippen molar-refractivity contribution in [3.8, 4) is 0 Å². The largest absolute Gasteiger partial charge is 0.376 e. The van der Waals surface area contributed by atoms with E-state index in [9.17, 15) is 4.79 Å². The van der Waals surface area contributed by atoms with Crippen LogP contribution in [0.2, 0.25) is 0 Å². The van der Waals surface area contributed by atoms with Crippen molar-refractivity contribution in [3.05, 3.63) is 47.0 Å². The van der Waals surface area contributed by atoms with E-state index in [2.05, 4.69) is 34.2 Å². The molecule has 26 heavy (non-hydrogen) atoms. The minimum atomic E-state index is -0.338. The van der Waals surface area contributed by atoms with Crippen molar-refractivity contribution in [1.29, 1.82) is 0 Å². The number of carbonyl (C=O) groups excluding carboxylic acids is 1. The Hall–Kier alpha value is -2.21. The van der Waals surface area contributed by atoms with E-state index < -0.39 is 0 Å². The third-order valence-electron chi connectivity index (χ3n) is 5.78. The number of hydrogen-bond acceptors (Lipinski definition) is 4. The molecule has 1 aliphatic heterocycles. The van der Waals surface area contributed by atoms with Gasteiger partial charge in [-0.2, -0.15) is 5.10 Å². The molecule has 0 radical (unpaired) electrons. The number of H-pyrrole nitrogens is 1. The molecule has 6 nitrogen and oxygen atoms in total. The highest BCUT2D eigenvalue weighted by atomic mass is 16.5. The number of ether oxygens (including phenoxy) is 1. The van der Waals surface area contributed by atoms with Crippen molar-refractivity contribution < 1.29 is 9.53 Å². The van der Waals surface area contributed by atoms with Gasteiger partial charge >= 0.3 is 0 Å². The van der Waals surface area contributed by atoms with E-state index >= 15 is 0 Å². The lowest BCUT2D eigenvalue weighted by atomic mass is 9.90. The van der Waals surface area contributed by atoms with Gasteiger partial charge in [-0.05, 0) is 44.2 Å². The van der Waals surface area contributed by atoms with Crippen LogP contribution in [0.4, 0.5) is 0 Å². The van der Waals surface area contributed by atoms with Crippen LogP contribution in [0.25, 0.3) is 0 Å². The zero-order valence-electron chi connectivity index (χ0n) is 15.7. The molecule has 0 spiro atoms. The summed E-state index contributed by atoms with van der Waals surface area (Å²) in [7, 11) is 1.89. The fourth-order valence-electron chi connectivity index (χ4n) is 4.20. The fraction of sp³-hybridized carbons (Fsp3) is 0.550. The molecule has 2 fully saturated rings. The molecule has 2 aliphatic rings. The quantitative estimate of drug-likeness (QED) is 0.895. The zero-order valence-corrected chi connectivity index (χ0v) is 15.7. The number of hydrogen-bond donors (Lipinski definition) is 1. The van der Waals surface area contributed by atoms with E-state index in [0.717, 1.165) is 30.9 Å². The van der Waals surface area contributed by atoms with Crippen LogP contribution in [-0.2, 0) is 14.9 Å². The predicted octanol–water partition coefficient (Wildman–Crippen LogP) is 2.48. The van der Waals surface area contributed by atoms with E-state index in [0.29, 0.717) is 13.2 Å². The Kier molecular flexibility index (Phi) is 4.31. The van der Waals surface area contributed by atoms with Gasteiger partial charge in [0, 0.05) is 20.2 Å². The SMILES string of the molecule is Cc1nc([C@@H]2CCO[C@@H]2CN(C)C(=O)C2(c3ccccc3C)CC2)n[nH]1. The Bertz CT molecular complexity index is 812. The van der Waals surface area contributed by atoms with Crippen molar-refractivity contribution in [2.45, 2.75) is 50.5 Å². The third-order valence-corrected chi connectivity index (χ3v) is 5.78. The molecule has 0 unspecified atom stereocenters. The van der Waals surface area contributed by atoms with Crippen LogP contribution in [0.5, 0.6) is 0 Å². The van der Waals surface area contributed by atoms with Crippen LogP contribution in [0.3, 0.4) is 0 Å². The third kappa shape index (κ3) is 2.92. The van der Waals surface area contributed by atoms with E-state index in [-0.39, 0.29) is 23.3 Å². The standard InChI is InChI=1S/C20H26N4O2/c1-13-6-4-5-7-16(13)20(9-10-20)19(25)24(3)12-17-15(8-11-26-17)18-21-14(2)22-23-18/h4-7,15,17H,8-12H2,1-3H3,(H,21,22,23)/t15-,17-/m1/s1.